The monoisotopic (exact) mass is 251 g/mol. The number of aryl methyl sites for hydroxylation is 1. The van der Waals surface area contributed by atoms with Crippen molar-refractivity contribution in [1.29, 1.82) is 5.26 Å². The van der Waals surface area contributed by atoms with Crippen molar-refractivity contribution in [1.82, 2.24) is 0 Å². The molecule has 2 heteroatoms. The van der Waals surface area contributed by atoms with Gasteiger partial charge in [0.25, 0.3) is 0 Å². The Labute approximate surface area is 114 Å². The second-order valence-corrected chi connectivity index (χ2v) is 4.93. The zero-order chi connectivity index (χ0) is 13.8. The van der Waals surface area contributed by atoms with E-state index in [-0.39, 0.29) is 0 Å². The van der Waals surface area contributed by atoms with E-state index in [9.17, 15) is 0 Å². The second-order valence-electron chi connectivity index (χ2n) is 4.93. The number of hydrogen-bond acceptors (Lipinski definition) is 2. The summed E-state index contributed by atoms with van der Waals surface area (Å²) in [5.41, 5.74) is 3.00. The van der Waals surface area contributed by atoms with Crippen LogP contribution in [0, 0.1) is 18.3 Å². The highest BCUT2D eigenvalue weighted by molar-refractivity contribution is 5.43. The van der Waals surface area contributed by atoms with Gasteiger partial charge in [-0.05, 0) is 54.3 Å². The van der Waals surface area contributed by atoms with E-state index in [1.54, 1.807) is 12.1 Å². The molecule has 0 aliphatic carbocycles. The first-order valence-electron chi connectivity index (χ1n) is 6.38. The van der Waals surface area contributed by atoms with Gasteiger partial charge in [-0.2, -0.15) is 5.26 Å². The lowest BCUT2D eigenvalue weighted by Crippen LogP contribution is -1.94. The van der Waals surface area contributed by atoms with Crippen molar-refractivity contribution in [3.63, 3.8) is 0 Å². The van der Waals surface area contributed by atoms with Crippen molar-refractivity contribution in [2.24, 2.45) is 0 Å². The molecule has 0 radical (unpaired) electrons. The topological polar surface area (TPSA) is 33.0 Å². The summed E-state index contributed by atoms with van der Waals surface area (Å²) in [6.45, 7) is 6.35. The maximum Gasteiger partial charge on any atom is 0.131 e. The Hall–Kier alpha value is -2.27. The number of nitriles is 1. The summed E-state index contributed by atoms with van der Waals surface area (Å²) in [7, 11) is 0. The number of benzene rings is 2. The van der Waals surface area contributed by atoms with Crippen molar-refractivity contribution in [3.05, 3.63) is 59.2 Å². The fourth-order valence-corrected chi connectivity index (χ4v) is 1.93. The molecule has 0 aliphatic rings. The van der Waals surface area contributed by atoms with Crippen molar-refractivity contribution < 1.29 is 4.74 Å². The highest BCUT2D eigenvalue weighted by Gasteiger charge is 2.09. The van der Waals surface area contributed by atoms with E-state index in [2.05, 4.69) is 39.0 Å². The van der Waals surface area contributed by atoms with Crippen LogP contribution in [0.5, 0.6) is 11.5 Å². The molecule has 2 aromatic rings. The van der Waals surface area contributed by atoms with E-state index in [0.29, 0.717) is 11.5 Å². The molecule has 96 valence electrons. The molecule has 0 amide bonds. The summed E-state index contributed by atoms with van der Waals surface area (Å²) >= 11 is 0. The molecule has 0 fully saturated rings. The maximum atomic E-state index is 8.78. The van der Waals surface area contributed by atoms with Crippen LogP contribution >= 0.6 is 0 Å². The van der Waals surface area contributed by atoms with E-state index in [0.717, 1.165) is 11.5 Å². The van der Waals surface area contributed by atoms with Crippen LogP contribution in [-0.2, 0) is 0 Å². The molecule has 19 heavy (non-hydrogen) atoms. The zero-order valence-electron chi connectivity index (χ0n) is 11.5. The largest absolute Gasteiger partial charge is 0.457 e. The van der Waals surface area contributed by atoms with Crippen LogP contribution in [0.2, 0.25) is 0 Å². The summed E-state index contributed by atoms with van der Waals surface area (Å²) in [5, 5.41) is 8.78. The first-order chi connectivity index (χ1) is 9.10. The molecule has 0 atom stereocenters. The van der Waals surface area contributed by atoms with Gasteiger partial charge in [0.15, 0.2) is 0 Å². The van der Waals surface area contributed by atoms with Crippen molar-refractivity contribution >= 4 is 0 Å². The van der Waals surface area contributed by atoms with Crippen LogP contribution in [0.4, 0.5) is 0 Å². The van der Waals surface area contributed by atoms with Crippen LogP contribution in [0.3, 0.4) is 0 Å². The van der Waals surface area contributed by atoms with E-state index in [4.69, 9.17) is 10.00 Å². The van der Waals surface area contributed by atoms with Gasteiger partial charge in [-0.1, -0.05) is 26.0 Å². The van der Waals surface area contributed by atoms with E-state index in [1.807, 2.05) is 18.2 Å². The highest BCUT2D eigenvalue weighted by Crippen LogP contribution is 2.31. The fourth-order valence-electron chi connectivity index (χ4n) is 1.93. The molecule has 2 nitrogen and oxygen atoms in total. The standard InChI is InChI=1S/C17H17NO/c1-12(2)16-9-4-13(3)10-17(16)19-15-7-5-14(11-18)6-8-15/h4-10,12H,1-3H3. The van der Waals surface area contributed by atoms with E-state index >= 15 is 0 Å². The van der Waals surface area contributed by atoms with Crippen molar-refractivity contribution in [2.75, 3.05) is 0 Å². The van der Waals surface area contributed by atoms with Gasteiger partial charge in [0, 0.05) is 0 Å². The molecular formula is C17H17NO. The SMILES string of the molecule is Cc1ccc(C(C)C)c(Oc2ccc(C#N)cc2)c1. The fraction of sp³-hybridized carbons (Fsp3) is 0.235. The molecule has 0 N–H and O–H groups in total. The summed E-state index contributed by atoms with van der Waals surface area (Å²) < 4.78 is 5.94. The normalized spacial score (nSPS) is 10.3. The van der Waals surface area contributed by atoms with Crippen LogP contribution < -0.4 is 4.74 Å². The van der Waals surface area contributed by atoms with E-state index in [1.165, 1.54) is 11.1 Å². The van der Waals surface area contributed by atoms with E-state index < -0.39 is 0 Å². The second kappa shape index (κ2) is 5.58. The van der Waals surface area contributed by atoms with Gasteiger partial charge in [-0.3, -0.25) is 0 Å². The molecule has 0 heterocycles. The molecule has 0 aromatic heterocycles. The lowest BCUT2D eigenvalue weighted by Gasteiger charge is -2.14. The smallest absolute Gasteiger partial charge is 0.131 e. The molecule has 0 saturated carbocycles. The van der Waals surface area contributed by atoms with Crippen LogP contribution in [0.1, 0.15) is 36.5 Å². The number of nitrogens with zero attached hydrogens (tertiary/aromatic N) is 1. The van der Waals surface area contributed by atoms with Gasteiger partial charge < -0.3 is 4.74 Å². The molecule has 0 saturated heterocycles. The van der Waals surface area contributed by atoms with Gasteiger partial charge in [-0.15, -0.1) is 0 Å². The summed E-state index contributed by atoms with van der Waals surface area (Å²) in [6.07, 6.45) is 0. The third-order valence-corrected chi connectivity index (χ3v) is 3.00. The minimum absolute atomic E-state index is 0.411. The average Bonchev–Trinajstić information content (AvgIpc) is 2.39. The lowest BCUT2D eigenvalue weighted by atomic mass is 10.0. The van der Waals surface area contributed by atoms with Gasteiger partial charge >= 0.3 is 0 Å². The molecule has 0 spiro atoms. The van der Waals surface area contributed by atoms with Crippen LogP contribution in [-0.4, -0.2) is 0 Å². The minimum atomic E-state index is 0.411. The molecule has 2 rings (SSSR count). The van der Waals surface area contributed by atoms with Gasteiger partial charge in [0.2, 0.25) is 0 Å². The molecule has 0 aliphatic heterocycles. The first-order valence-corrected chi connectivity index (χ1v) is 6.38. The summed E-state index contributed by atoms with van der Waals surface area (Å²) in [6, 6.07) is 15.5. The van der Waals surface area contributed by atoms with Crippen LogP contribution in [0.25, 0.3) is 0 Å². The van der Waals surface area contributed by atoms with Gasteiger partial charge in [0.1, 0.15) is 11.5 Å². The summed E-state index contributed by atoms with van der Waals surface area (Å²) in [4.78, 5) is 0. The number of hydrogen-bond donors (Lipinski definition) is 0. The Balaban J connectivity index is 2.31. The predicted molar refractivity (Wildman–Crippen MR) is 76.5 cm³/mol. The Bertz CT molecular complexity index is 606. The van der Waals surface area contributed by atoms with Gasteiger partial charge in [0.05, 0.1) is 11.6 Å². The first kappa shape index (κ1) is 13.2. The summed E-state index contributed by atoms with van der Waals surface area (Å²) in [5.74, 6) is 2.06. The molecule has 0 bridgehead atoms. The molecule has 2 aromatic carbocycles. The maximum absolute atomic E-state index is 8.78. The van der Waals surface area contributed by atoms with Crippen LogP contribution in [0.15, 0.2) is 42.5 Å². The number of rotatable bonds is 3. The Morgan fingerprint density at radius 1 is 1.05 bits per heavy atom. The number of ether oxygens (including phenoxy) is 1. The Morgan fingerprint density at radius 2 is 1.74 bits per heavy atom. The third-order valence-electron chi connectivity index (χ3n) is 3.00. The van der Waals surface area contributed by atoms with Crippen molar-refractivity contribution in [3.8, 4) is 17.6 Å². The zero-order valence-corrected chi connectivity index (χ0v) is 11.5. The lowest BCUT2D eigenvalue weighted by molar-refractivity contribution is 0.472. The third kappa shape index (κ3) is 3.14. The van der Waals surface area contributed by atoms with Crippen molar-refractivity contribution in [2.45, 2.75) is 26.7 Å². The minimum Gasteiger partial charge on any atom is -0.457 e. The predicted octanol–water partition coefficient (Wildman–Crippen LogP) is 4.78. The molecular weight excluding hydrogens is 234 g/mol. The highest BCUT2D eigenvalue weighted by atomic mass is 16.5. The Kier molecular flexibility index (Phi) is 3.87. The Morgan fingerprint density at radius 3 is 2.32 bits per heavy atom. The molecule has 0 unspecified atom stereocenters. The quantitative estimate of drug-likeness (QED) is 0.786. The van der Waals surface area contributed by atoms with Gasteiger partial charge in [-0.25, -0.2) is 0 Å². The average molecular weight is 251 g/mol.